The topological polar surface area (TPSA) is 55.8 Å². The number of fused-ring (bicyclic) bond motifs is 1. The van der Waals surface area contributed by atoms with Gasteiger partial charge in [0.15, 0.2) is 0 Å². The van der Waals surface area contributed by atoms with Gasteiger partial charge in [-0.05, 0) is 115 Å². The summed E-state index contributed by atoms with van der Waals surface area (Å²) in [5.41, 5.74) is 3.53. The Morgan fingerprint density at radius 1 is 0.947 bits per heavy atom. The maximum absolute atomic E-state index is 12.6. The van der Waals surface area contributed by atoms with Gasteiger partial charge < -0.3 is 14.6 Å². The number of aromatic hydroxyl groups is 1. The van der Waals surface area contributed by atoms with Crippen LogP contribution in [0.25, 0.3) is 21.9 Å². The lowest BCUT2D eigenvalue weighted by atomic mass is 9.48. The Bertz CT molecular complexity index is 1300. The van der Waals surface area contributed by atoms with Gasteiger partial charge in [-0.25, -0.2) is 4.79 Å². The highest BCUT2D eigenvalue weighted by Crippen LogP contribution is 2.62. The summed E-state index contributed by atoms with van der Waals surface area (Å²) < 4.78 is 11.5. The van der Waals surface area contributed by atoms with E-state index in [0.29, 0.717) is 17.9 Å². The van der Waals surface area contributed by atoms with E-state index in [4.69, 9.17) is 9.47 Å². The number of phenolic OH excluding ortho intramolecular Hbond substituents is 1. The van der Waals surface area contributed by atoms with Gasteiger partial charge in [0.1, 0.15) is 11.5 Å². The van der Waals surface area contributed by atoms with Gasteiger partial charge in [-0.3, -0.25) is 0 Å². The number of esters is 1. The first-order valence-electron chi connectivity index (χ1n) is 14.6. The first kappa shape index (κ1) is 25.3. The number of methoxy groups -OCH3 is 1. The van der Waals surface area contributed by atoms with Crippen LogP contribution in [0.4, 0.5) is 0 Å². The predicted molar refractivity (Wildman–Crippen MR) is 152 cm³/mol. The third-order valence-corrected chi connectivity index (χ3v) is 9.54. The molecule has 0 spiro atoms. The minimum Gasteiger partial charge on any atom is -0.508 e. The predicted octanol–water partition coefficient (Wildman–Crippen LogP) is 8.43. The molecule has 0 heterocycles. The molecule has 0 saturated heterocycles. The van der Waals surface area contributed by atoms with E-state index in [1.54, 1.807) is 0 Å². The van der Waals surface area contributed by atoms with Crippen LogP contribution in [0.3, 0.4) is 0 Å². The van der Waals surface area contributed by atoms with Crippen molar-refractivity contribution in [3.63, 3.8) is 0 Å². The number of ether oxygens (including phenoxy) is 2. The lowest BCUT2D eigenvalue weighted by Crippen LogP contribution is -2.48. The van der Waals surface area contributed by atoms with E-state index in [1.807, 2.05) is 36.4 Å². The Morgan fingerprint density at radius 2 is 1.66 bits per heavy atom. The molecular formula is C34H40O4. The maximum atomic E-state index is 12.6. The molecule has 0 amide bonds. The molecule has 4 nitrogen and oxygen atoms in total. The van der Waals surface area contributed by atoms with Crippen LogP contribution in [0, 0.1) is 17.8 Å². The van der Waals surface area contributed by atoms with E-state index < -0.39 is 0 Å². The summed E-state index contributed by atoms with van der Waals surface area (Å²) in [6.07, 6.45) is 12.2. The Kier molecular flexibility index (Phi) is 6.84. The van der Waals surface area contributed by atoms with Crippen LogP contribution in [0.15, 0.2) is 48.5 Å². The highest BCUT2D eigenvalue weighted by atomic mass is 16.5. The zero-order valence-corrected chi connectivity index (χ0v) is 22.8. The van der Waals surface area contributed by atoms with E-state index in [9.17, 15) is 9.90 Å². The fraction of sp³-hybridized carbons (Fsp3) is 0.500. The van der Waals surface area contributed by atoms with Crippen molar-refractivity contribution in [2.45, 2.75) is 76.5 Å². The standard InChI is InChI=1S/C34H40O4/c1-3-4-5-8-11-38-32-17-26(27-9-6-7-10-28(27)33(36)37-2)15-25-16-30(31(35)18-29(25)32)34-19-22-12-23(20-34)14-24(13-22)21-34/h6-7,9-10,15-18,22-24,35H,3-5,8,11-14,19-21H2,1-2H3. The molecule has 7 rings (SSSR count). The Labute approximate surface area is 226 Å². The first-order valence-corrected chi connectivity index (χ1v) is 14.6. The molecule has 4 heteroatoms. The molecule has 38 heavy (non-hydrogen) atoms. The number of carbonyl (C=O) groups excluding carboxylic acids is 1. The van der Waals surface area contributed by atoms with Crippen LogP contribution in [0.1, 0.15) is 87.1 Å². The summed E-state index contributed by atoms with van der Waals surface area (Å²) in [5.74, 6) is 3.24. The normalized spacial score (nSPS) is 25.6. The molecule has 4 aliphatic carbocycles. The van der Waals surface area contributed by atoms with Crippen molar-refractivity contribution in [3.8, 4) is 22.6 Å². The monoisotopic (exact) mass is 512 g/mol. The molecule has 4 fully saturated rings. The average Bonchev–Trinajstić information content (AvgIpc) is 2.91. The van der Waals surface area contributed by atoms with Gasteiger partial charge in [0.25, 0.3) is 0 Å². The smallest absolute Gasteiger partial charge is 0.338 e. The second kappa shape index (κ2) is 10.3. The number of carbonyl (C=O) groups is 1. The van der Waals surface area contributed by atoms with Gasteiger partial charge in [0.2, 0.25) is 0 Å². The van der Waals surface area contributed by atoms with Gasteiger partial charge in [-0.2, -0.15) is 0 Å². The number of hydrogen-bond acceptors (Lipinski definition) is 4. The largest absolute Gasteiger partial charge is 0.508 e. The molecule has 4 saturated carbocycles. The number of hydrogen-bond donors (Lipinski definition) is 1. The van der Waals surface area contributed by atoms with Gasteiger partial charge in [0.05, 0.1) is 19.3 Å². The van der Waals surface area contributed by atoms with Crippen LogP contribution < -0.4 is 4.74 Å². The quantitative estimate of drug-likeness (QED) is 0.231. The van der Waals surface area contributed by atoms with Crippen molar-refractivity contribution in [2.24, 2.45) is 17.8 Å². The molecule has 0 aromatic heterocycles. The van der Waals surface area contributed by atoms with Crippen LogP contribution in [0.5, 0.6) is 11.5 Å². The molecule has 1 N–H and O–H groups in total. The fourth-order valence-electron chi connectivity index (χ4n) is 8.24. The molecular weight excluding hydrogens is 472 g/mol. The Morgan fingerprint density at radius 3 is 2.34 bits per heavy atom. The third kappa shape index (κ3) is 4.57. The second-order valence-electron chi connectivity index (χ2n) is 12.2. The highest BCUT2D eigenvalue weighted by Gasteiger charge is 2.52. The molecule has 0 unspecified atom stereocenters. The zero-order chi connectivity index (χ0) is 26.3. The summed E-state index contributed by atoms with van der Waals surface area (Å²) in [5, 5.41) is 13.5. The molecule has 4 aliphatic rings. The Hall–Kier alpha value is -3.01. The van der Waals surface area contributed by atoms with E-state index in [2.05, 4.69) is 19.1 Å². The van der Waals surface area contributed by atoms with Crippen LogP contribution >= 0.6 is 0 Å². The van der Waals surface area contributed by atoms with Gasteiger partial charge in [-0.15, -0.1) is 0 Å². The average molecular weight is 513 g/mol. The molecule has 200 valence electrons. The number of phenols is 1. The summed E-state index contributed by atoms with van der Waals surface area (Å²) in [6.45, 7) is 2.84. The van der Waals surface area contributed by atoms with Crippen LogP contribution in [-0.2, 0) is 10.2 Å². The number of benzene rings is 3. The van der Waals surface area contributed by atoms with E-state index >= 15 is 0 Å². The van der Waals surface area contributed by atoms with Gasteiger partial charge >= 0.3 is 5.97 Å². The van der Waals surface area contributed by atoms with Gasteiger partial charge in [0, 0.05) is 10.9 Å². The van der Waals surface area contributed by atoms with Gasteiger partial charge in [-0.1, -0.05) is 44.4 Å². The van der Waals surface area contributed by atoms with E-state index in [0.717, 1.165) is 63.8 Å². The third-order valence-electron chi connectivity index (χ3n) is 9.54. The van der Waals surface area contributed by atoms with Crippen molar-refractivity contribution in [1.82, 2.24) is 0 Å². The lowest BCUT2D eigenvalue weighted by molar-refractivity contribution is -0.00606. The second-order valence-corrected chi connectivity index (χ2v) is 12.2. The minimum atomic E-state index is -0.345. The van der Waals surface area contributed by atoms with Crippen molar-refractivity contribution >= 4 is 16.7 Å². The lowest BCUT2D eigenvalue weighted by Gasteiger charge is -2.57. The summed E-state index contributed by atoms with van der Waals surface area (Å²) >= 11 is 0. The molecule has 3 aromatic rings. The van der Waals surface area contributed by atoms with E-state index in [-0.39, 0.29) is 11.4 Å². The molecule has 4 bridgehead atoms. The van der Waals surface area contributed by atoms with E-state index in [1.165, 1.54) is 58.5 Å². The summed E-state index contributed by atoms with van der Waals surface area (Å²) in [7, 11) is 1.42. The SMILES string of the molecule is CCCCCCOc1cc(-c2ccccc2C(=O)OC)cc2cc(C34CC5CC(CC(C5)C3)C4)c(O)cc12. The number of rotatable bonds is 9. The van der Waals surface area contributed by atoms with Crippen LogP contribution in [-0.4, -0.2) is 24.8 Å². The summed E-state index contributed by atoms with van der Waals surface area (Å²) in [6, 6.07) is 16.0. The highest BCUT2D eigenvalue weighted by molar-refractivity contribution is 6.00. The number of unbranched alkanes of at least 4 members (excludes halogenated alkanes) is 3. The summed E-state index contributed by atoms with van der Waals surface area (Å²) in [4.78, 5) is 12.6. The molecule has 0 aliphatic heterocycles. The van der Waals surface area contributed by atoms with Crippen molar-refractivity contribution in [2.75, 3.05) is 13.7 Å². The zero-order valence-electron chi connectivity index (χ0n) is 22.8. The molecule has 0 atom stereocenters. The molecule has 3 aromatic carbocycles. The van der Waals surface area contributed by atoms with Crippen LogP contribution in [0.2, 0.25) is 0 Å². The van der Waals surface area contributed by atoms with Crippen molar-refractivity contribution in [1.29, 1.82) is 0 Å². The van der Waals surface area contributed by atoms with Crippen molar-refractivity contribution < 1.29 is 19.4 Å². The minimum absolute atomic E-state index is 0.0914. The Balaban J connectivity index is 1.45. The first-order chi connectivity index (χ1) is 18.5. The molecule has 0 radical (unpaired) electrons. The van der Waals surface area contributed by atoms with Crippen molar-refractivity contribution in [3.05, 3.63) is 59.7 Å². The maximum Gasteiger partial charge on any atom is 0.338 e. The fourth-order valence-corrected chi connectivity index (χ4v) is 8.24.